The van der Waals surface area contributed by atoms with Gasteiger partial charge in [0, 0.05) is 14.5 Å². The molecule has 0 fully saturated rings. The summed E-state index contributed by atoms with van der Waals surface area (Å²) in [7, 11) is 0. The van der Waals surface area contributed by atoms with Gasteiger partial charge in [-0.15, -0.1) is 11.3 Å². The summed E-state index contributed by atoms with van der Waals surface area (Å²) in [4.78, 5) is 16.0. The van der Waals surface area contributed by atoms with E-state index in [4.69, 9.17) is 0 Å². The van der Waals surface area contributed by atoms with Crippen molar-refractivity contribution in [3.8, 4) is 10.6 Å². The van der Waals surface area contributed by atoms with Crippen molar-refractivity contribution in [1.29, 1.82) is 0 Å². The molecule has 0 spiro atoms. The third-order valence-electron chi connectivity index (χ3n) is 2.54. The Morgan fingerprint density at radius 2 is 2.11 bits per heavy atom. The number of hydrogen-bond donors (Lipinski definition) is 1. The van der Waals surface area contributed by atoms with E-state index in [0.29, 0.717) is 17.0 Å². The van der Waals surface area contributed by atoms with Crippen molar-refractivity contribution >= 4 is 49.2 Å². The van der Waals surface area contributed by atoms with Gasteiger partial charge in [-0.1, -0.05) is 19.4 Å². The van der Waals surface area contributed by atoms with E-state index < -0.39 is 5.97 Å². The zero-order valence-electron chi connectivity index (χ0n) is 10.1. The molecule has 1 aromatic heterocycles. The lowest BCUT2D eigenvalue weighted by atomic mass is 10.2. The van der Waals surface area contributed by atoms with Crippen molar-refractivity contribution in [2.24, 2.45) is 0 Å². The van der Waals surface area contributed by atoms with E-state index in [1.165, 1.54) is 11.3 Å². The van der Waals surface area contributed by atoms with E-state index >= 15 is 0 Å². The number of carbonyl (C=O) groups is 1. The summed E-state index contributed by atoms with van der Waals surface area (Å²) in [5.74, 6) is -0.900. The van der Waals surface area contributed by atoms with Crippen molar-refractivity contribution in [3.63, 3.8) is 0 Å². The van der Waals surface area contributed by atoms with Crippen LogP contribution in [0.5, 0.6) is 0 Å². The smallest absolute Gasteiger partial charge is 0.347 e. The Kier molecular flexibility index (Phi) is 4.76. The highest BCUT2D eigenvalue weighted by Crippen LogP contribution is 2.33. The summed E-state index contributed by atoms with van der Waals surface area (Å²) < 4.78 is 1.88. The Labute approximate surface area is 131 Å². The largest absolute Gasteiger partial charge is 0.477 e. The maximum atomic E-state index is 11.2. The molecule has 0 radical (unpaired) electrons. The number of aromatic carboxylic acids is 1. The van der Waals surface area contributed by atoms with E-state index in [0.717, 1.165) is 25.9 Å². The third kappa shape index (κ3) is 3.24. The molecule has 0 aliphatic rings. The summed E-state index contributed by atoms with van der Waals surface area (Å²) in [6.07, 6.45) is 1.57. The first-order valence-electron chi connectivity index (χ1n) is 5.71. The molecule has 1 aromatic carbocycles. The van der Waals surface area contributed by atoms with Crippen LogP contribution in [-0.2, 0) is 6.42 Å². The van der Waals surface area contributed by atoms with Crippen LogP contribution >= 0.6 is 43.2 Å². The van der Waals surface area contributed by atoms with E-state index in [1.54, 1.807) is 0 Å². The fourth-order valence-corrected chi connectivity index (χ4v) is 3.25. The van der Waals surface area contributed by atoms with Crippen molar-refractivity contribution < 1.29 is 9.90 Å². The minimum atomic E-state index is -0.900. The van der Waals surface area contributed by atoms with Gasteiger partial charge in [0.2, 0.25) is 0 Å². The number of benzene rings is 1. The van der Waals surface area contributed by atoms with Gasteiger partial charge < -0.3 is 5.11 Å². The quantitative estimate of drug-likeness (QED) is 0.781. The Morgan fingerprint density at radius 3 is 2.68 bits per heavy atom. The summed E-state index contributed by atoms with van der Waals surface area (Å²) in [6.45, 7) is 2.01. The van der Waals surface area contributed by atoms with Crippen molar-refractivity contribution in [2.75, 3.05) is 0 Å². The van der Waals surface area contributed by atoms with Crippen LogP contribution in [0.25, 0.3) is 10.6 Å². The number of carboxylic acids is 1. The van der Waals surface area contributed by atoms with Crippen molar-refractivity contribution in [3.05, 3.63) is 37.7 Å². The molecule has 0 aliphatic carbocycles. The van der Waals surface area contributed by atoms with Crippen molar-refractivity contribution in [1.82, 2.24) is 4.98 Å². The summed E-state index contributed by atoms with van der Waals surface area (Å²) in [6, 6.07) is 5.78. The summed E-state index contributed by atoms with van der Waals surface area (Å²) in [5.41, 5.74) is 1.60. The van der Waals surface area contributed by atoms with Gasteiger partial charge in [0.05, 0.1) is 5.69 Å². The second-order valence-corrected chi connectivity index (χ2v) is 6.69. The molecule has 2 rings (SSSR count). The van der Waals surface area contributed by atoms with Crippen LogP contribution in [-0.4, -0.2) is 16.1 Å². The lowest BCUT2D eigenvalue weighted by Gasteiger charge is -1.99. The second-order valence-electron chi connectivity index (χ2n) is 3.98. The van der Waals surface area contributed by atoms with Crippen LogP contribution in [0.3, 0.4) is 0 Å². The van der Waals surface area contributed by atoms with E-state index in [2.05, 4.69) is 36.8 Å². The van der Waals surface area contributed by atoms with Gasteiger partial charge in [-0.3, -0.25) is 0 Å². The minimum absolute atomic E-state index is 0.343. The first-order valence-corrected chi connectivity index (χ1v) is 8.11. The van der Waals surface area contributed by atoms with Crippen LogP contribution in [0.15, 0.2) is 27.1 Å². The number of aromatic nitrogens is 1. The molecule has 2 aromatic rings. The molecule has 0 saturated heterocycles. The van der Waals surface area contributed by atoms with Crippen molar-refractivity contribution in [2.45, 2.75) is 19.8 Å². The molecule has 6 heteroatoms. The Balaban J connectivity index is 2.47. The van der Waals surface area contributed by atoms with Gasteiger partial charge in [-0.2, -0.15) is 0 Å². The van der Waals surface area contributed by atoms with Gasteiger partial charge in [0.25, 0.3) is 0 Å². The summed E-state index contributed by atoms with van der Waals surface area (Å²) >= 11 is 8.08. The Bertz CT molecular complexity index is 625. The molecule has 1 heterocycles. The highest BCUT2D eigenvalue weighted by molar-refractivity contribution is 9.13. The molecule has 0 amide bonds. The monoisotopic (exact) mass is 403 g/mol. The summed E-state index contributed by atoms with van der Waals surface area (Å²) in [5, 5.41) is 9.95. The normalized spacial score (nSPS) is 10.7. The highest BCUT2D eigenvalue weighted by atomic mass is 79.9. The Hall–Kier alpha value is -0.720. The molecular weight excluding hydrogens is 394 g/mol. The zero-order chi connectivity index (χ0) is 14.0. The number of aryl methyl sites for hydroxylation is 1. The number of hydrogen-bond acceptors (Lipinski definition) is 3. The lowest BCUT2D eigenvalue weighted by Crippen LogP contribution is -1.98. The fourth-order valence-electron chi connectivity index (χ4n) is 1.68. The molecule has 0 unspecified atom stereocenters. The van der Waals surface area contributed by atoms with Gasteiger partial charge in [-0.05, 0) is 50.4 Å². The minimum Gasteiger partial charge on any atom is -0.477 e. The molecule has 0 atom stereocenters. The molecular formula is C13H11Br2NO2S. The number of thiazole rings is 1. The third-order valence-corrected chi connectivity index (χ3v) is 5.56. The van der Waals surface area contributed by atoms with Crippen LogP contribution in [0.2, 0.25) is 0 Å². The van der Waals surface area contributed by atoms with Gasteiger partial charge in [0.1, 0.15) is 9.88 Å². The topological polar surface area (TPSA) is 50.2 Å². The van der Waals surface area contributed by atoms with Crippen LogP contribution in [0, 0.1) is 0 Å². The molecule has 0 aliphatic heterocycles. The van der Waals surface area contributed by atoms with Crippen LogP contribution in [0.4, 0.5) is 0 Å². The maximum absolute atomic E-state index is 11.2. The fraction of sp³-hybridized carbons (Fsp3) is 0.231. The van der Waals surface area contributed by atoms with E-state index in [-0.39, 0.29) is 0 Å². The van der Waals surface area contributed by atoms with Gasteiger partial charge >= 0.3 is 5.97 Å². The maximum Gasteiger partial charge on any atom is 0.347 e. The predicted molar refractivity (Wildman–Crippen MR) is 83.9 cm³/mol. The highest BCUT2D eigenvalue weighted by Gasteiger charge is 2.17. The molecule has 0 bridgehead atoms. The number of nitrogens with zero attached hydrogens (tertiary/aromatic N) is 1. The molecule has 3 nitrogen and oxygen atoms in total. The van der Waals surface area contributed by atoms with E-state index in [9.17, 15) is 9.90 Å². The molecule has 1 N–H and O–H groups in total. The molecule has 19 heavy (non-hydrogen) atoms. The average Bonchev–Trinajstić information content (AvgIpc) is 2.77. The van der Waals surface area contributed by atoms with Gasteiger partial charge in [-0.25, -0.2) is 9.78 Å². The first-order chi connectivity index (χ1) is 9.02. The molecule has 100 valence electrons. The average molecular weight is 405 g/mol. The van der Waals surface area contributed by atoms with E-state index in [1.807, 2.05) is 25.1 Å². The predicted octanol–water partition coefficient (Wildman–Crippen LogP) is 4.99. The molecule has 0 saturated carbocycles. The van der Waals surface area contributed by atoms with Gasteiger partial charge in [0.15, 0.2) is 0 Å². The lowest BCUT2D eigenvalue weighted by molar-refractivity contribution is 0.0700. The zero-order valence-corrected chi connectivity index (χ0v) is 14.1. The van der Waals surface area contributed by atoms with Crippen LogP contribution in [0.1, 0.15) is 28.7 Å². The number of carboxylic acid groups (broad SMARTS) is 1. The Morgan fingerprint density at radius 1 is 1.37 bits per heavy atom. The SMILES string of the molecule is CCCc1nc(-c2ccc(Br)c(Br)c2)sc1C(=O)O. The number of halogens is 2. The van der Waals surface area contributed by atoms with Crippen LogP contribution < -0.4 is 0 Å². The second kappa shape index (κ2) is 6.15. The first kappa shape index (κ1) is 14.7. The standard InChI is InChI=1S/C13H11Br2NO2S/c1-2-3-10-11(13(17)18)19-12(16-10)7-4-5-8(14)9(15)6-7/h4-6H,2-3H2,1H3,(H,17,18). The number of rotatable bonds is 4.